The second kappa shape index (κ2) is 12.7. The number of hydrogen-bond acceptors (Lipinski definition) is 11. The summed E-state index contributed by atoms with van der Waals surface area (Å²) in [6, 6.07) is 13.7. The molecular weight excluding hydrogens is 626 g/mol. The van der Waals surface area contributed by atoms with Crippen LogP contribution in [0.3, 0.4) is 0 Å². The summed E-state index contributed by atoms with van der Waals surface area (Å²) in [5, 5.41) is 10.2. The molecule has 7 aromatic rings. The van der Waals surface area contributed by atoms with Crippen LogP contribution in [0.2, 0.25) is 5.15 Å². The van der Waals surface area contributed by atoms with Crippen molar-refractivity contribution >= 4 is 60.5 Å². The number of aryl methyl sites for hydroxylation is 2. The van der Waals surface area contributed by atoms with Crippen molar-refractivity contribution in [2.24, 2.45) is 0 Å². The fourth-order valence-corrected chi connectivity index (χ4v) is 7.09. The smallest absolute Gasteiger partial charge is 0.164 e. The largest absolute Gasteiger partial charge is 0.486 e. The average molecular weight is 652 g/mol. The highest BCUT2D eigenvalue weighted by Gasteiger charge is 2.15. The molecule has 0 bridgehead atoms. The van der Waals surface area contributed by atoms with E-state index in [1.807, 2.05) is 54.8 Å². The minimum atomic E-state index is 0.507. The topological polar surface area (TPSA) is 108 Å². The molecule has 0 saturated carbocycles. The van der Waals surface area contributed by atoms with Gasteiger partial charge in [-0.1, -0.05) is 17.7 Å². The molecule has 1 N–H and O–H groups in total. The zero-order valence-electron chi connectivity index (χ0n) is 24.3. The van der Waals surface area contributed by atoms with Crippen LogP contribution in [-0.4, -0.2) is 43.1 Å². The zero-order chi connectivity index (χ0) is 30.8. The van der Waals surface area contributed by atoms with E-state index in [0.717, 1.165) is 60.0 Å². The van der Waals surface area contributed by atoms with Crippen LogP contribution in [-0.2, 0) is 6.54 Å². The van der Waals surface area contributed by atoms with E-state index >= 15 is 0 Å². The number of halogens is 1. The molecule has 0 unspecified atom stereocenters. The molecule has 8 rings (SSSR count). The minimum absolute atomic E-state index is 0.507. The molecule has 0 spiro atoms. The van der Waals surface area contributed by atoms with Gasteiger partial charge < -0.3 is 14.8 Å². The summed E-state index contributed by atoms with van der Waals surface area (Å²) in [7, 11) is 0. The third kappa shape index (κ3) is 6.15. The Labute approximate surface area is 272 Å². The third-order valence-electron chi connectivity index (χ3n) is 7.10. The first-order valence-corrected chi connectivity index (χ1v) is 16.3. The maximum absolute atomic E-state index is 6.19. The molecule has 6 aromatic heterocycles. The molecule has 1 aliphatic rings. The molecule has 12 heteroatoms. The van der Waals surface area contributed by atoms with Crippen molar-refractivity contribution in [2.45, 2.75) is 20.4 Å². The van der Waals surface area contributed by atoms with E-state index in [1.165, 1.54) is 5.56 Å². The molecule has 224 valence electrons. The van der Waals surface area contributed by atoms with Crippen molar-refractivity contribution < 1.29 is 9.47 Å². The van der Waals surface area contributed by atoms with Crippen LogP contribution < -0.4 is 14.8 Å². The molecule has 7 heterocycles. The number of rotatable bonds is 5. The Kier molecular flexibility index (Phi) is 8.21. The molecule has 1 aliphatic heterocycles. The van der Waals surface area contributed by atoms with Gasteiger partial charge in [-0.3, -0.25) is 9.97 Å². The van der Waals surface area contributed by atoms with Gasteiger partial charge in [0.05, 0.1) is 10.8 Å². The number of pyridine rings is 2. The Morgan fingerprint density at radius 3 is 2.04 bits per heavy atom. The number of thiophene rings is 2. The average Bonchev–Trinajstić information content (AvgIpc) is 3.66. The maximum atomic E-state index is 6.19. The first-order valence-electron chi connectivity index (χ1n) is 14.1. The van der Waals surface area contributed by atoms with Crippen LogP contribution in [0.5, 0.6) is 11.5 Å². The van der Waals surface area contributed by atoms with E-state index in [9.17, 15) is 0 Å². The molecule has 0 fully saturated rings. The van der Waals surface area contributed by atoms with E-state index in [2.05, 4.69) is 37.6 Å². The predicted octanol–water partition coefficient (Wildman–Crippen LogP) is 8.16. The van der Waals surface area contributed by atoms with Gasteiger partial charge in [0, 0.05) is 42.5 Å². The molecule has 0 aliphatic carbocycles. The van der Waals surface area contributed by atoms with Crippen LogP contribution >= 0.6 is 34.3 Å². The van der Waals surface area contributed by atoms with Crippen molar-refractivity contribution in [2.75, 3.05) is 18.5 Å². The molecule has 45 heavy (non-hydrogen) atoms. The lowest BCUT2D eigenvalue weighted by Crippen LogP contribution is -2.15. The number of aromatic nitrogens is 6. The van der Waals surface area contributed by atoms with Gasteiger partial charge in [0.15, 0.2) is 23.1 Å². The lowest BCUT2D eigenvalue weighted by Gasteiger charge is -2.19. The Bertz CT molecular complexity index is 2120. The maximum Gasteiger partial charge on any atom is 0.164 e. The number of hydrogen-bond donors (Lipinski definition) is 1. The first kappa shape index (κ1) is 29.0. The summed E-state index contributed by atoms with van der Waals surface area (Å²) in [6.07, 6.45) is 6.99. The van der Waals surface area contributed by atoms with E-state index in [4.69, 9.17) is 31.0 Å². The van der Waals surface area contributed by atoms with Crippen LogP contribution in [0.25, 0.3) is 43.2 Å². The van der Waals surface area contributed by atoms with Gasteiger partial charge in [0.1, 0.15) is 33.8 Å². The standard InChI is InChI=1S/C21H18N4O2S.C12H8ClN3S/c1-13-12-28-21-18(13)20(24-19(25-21)15-3-2-6-22-11-15)23-10-14-4-5-16-17(9-14)27-8-7-26-16;1-7-6-17-12-9(7)10(13)15-11(16-12)8-3-2-4-14-5-8/h2-6,9,11-12H,7-8,10H2,1H3,(H,23,24,25);2-6H,1H3. The van der Waals surface area contributed by atoms with E-state index in [-0.39, 0.29) is 0 Å². The van der Waals surface area contributed by atoms with Gasteiger partial charge in [0.2, 0.25) is 0 Å². The highest BCUT2D eigenvalue weighted by molar-refractivity contribution is 7.17. The van der Waals surface area contributed by atoms with Crippen molar-refractivity contribution in [1.29, 1.82) is 0 Å². The minimum Gasteiger partial charge on any atom is -0.486 e. The van der Waals surface area contributed by atoms with Gasteiger partial charge in [0.25, 0.3) is 0 Å². The first-order chi connectivity index (χ1) is 22.0. The molecule has 1 aromatic carbocycles. The normalized spacial score (nSPS) is 12.2. The summed E-state index contributed by atoms with van der Waals surface area (Å²) in [5.41, 5.74) is 5.17. The fraction of sp³-hybridized carbons (Fsp3) is 0.152. The van der Waals surface area contributed by atoms with Crippen LogP contribution in [0.15, 0.2) is 78.0 Å². The summed E-state index contributed by atoms with van der Waals surface area (Å²) in [4.78, 5) is 28.5. The summed E-state index contributed by atoms with van der Waals surface area (Å²) >= 11 is 9.40. The zero-order valence-corrected chi connectivity index (χ0v) is 26.7. The van der Waals surface area contributed by atoms with Gasteiger partial charge in [-0.25, -0.2) is 19.9 Å². The molecule has 9 nitrogen and oxygen atoms in total. The molecular formula is C33H26ClN7O2S2. The fourth-order valence-electron chi connectivity index (χ4n) is 4.88. The number of fused-ring (bicyclic) bond motifs is 3. The molecule has 0 atom stereocenters. The number of nitrogens with one attached hydrogen (secondary N) is 1. The van der Waals surface area contributed by atoms with E-state index < -0.39 is 0 Å². The highest BCUT2D eigenvalue weighted by Crippen LogP contribution is 2.34. The second-order valence-electron chi connectivity index (χ2n) is 10.2. The van der Waals surface area contributed by atoms with Gasteiger partial charge >= 0.3 is 0 Å². The third-order valence-corrected chi connectivity index (χ3v) is 9.35. The monoisotopic (exact) mass is 651 g/mol. The highest BCUT2D eigenvalue weighted by atomic mass is 35.5. The number of ether oxygens (including phenoxy) is 2. The summed E-state index contributed by atoms with van der Waals surface area (Å²) in [6.45, 7) is 5.90. The van der Waals surface area contributed by atoms with Crippen LogP contribution in [0.1, 0.15) is 16.7 Å². The number of benzene rings is 1. The lowest BCUT2D eigenvalue weighted by molar-refractivity contribution is 0.171. The predicted molar refractivity (Wildman–Crippen MR) is 181 cm³/mol. The Morgan fingerprint density at radius 1 is 0.756 bits per heavy atom. The molecule has 0 radical (unpaired) electrons. The Balaban J connectivity index is 0.000000163. The number of anilines is 1. The molecule has 0 saturated heterocycles. The number of nitrogens with zero attached hydrogens (tertiary/aromatic N) is 6. The van der Waals surface area contributed by atoms with Gasteiger partial charge in [-0.15, -0.1) is 22.7 Å². The van der Waals surface area contributed by atoms with Gasteiger partial charge in [-0.05, 0) is 77.7 Å². The van der Waals surface area contributed by atoms with Crippen LogP contribution in [0, 0.1) is 13.8 Å². The van der Waals surface area contributed by atoms with Crippen LogP contribution in [0.4, 0.5) is 5.82 Å². The van der Waals surface area contributed by atoms with Crippen molar-refractivity contribution in [3.8, 4) is 34.3 Å². The van der Waals surface area contributed by atoms with Crippen molar-refractivity contribution in [1.82, 2.24) is 29.9 Å². The quantitative estimate of drug-likeness (QED) is 0.184. The lowest BCUT2D eigenvalue weighted by atomic mass is 10.2. The summed E-state index contributed by atoms with van der Waals surface area (Å²) < 4.78 is 11.3. The summed E-state index contributed by atoms with van der Waals surface area (Å²) in [5.74, 6) is 3.72. The molecule has 0 amide bonds. The Hall–Kier alpha value is -4.71. The van der Waals surface area contributed by atoms with Crippen molar-refractivity contribution in [3.63, 3.8) is 0 Å². The van der Waals surface area contributed by atoms with Gasteiger partial charge in [-0.2, -0.15) is 0 Å². The van der Waals surface area contributed by atoms with Crippen molar-refractivity contribution in [3.05, 3.63) is 99.9 Å². The SMILES string of the molecule is Cc1csc2nc(-c3cccnc3)nc(Cl)c12.Cc1csc2nc(-c3cccnc3)nc(NCc3ccc4c(c3)OCCO4)c12. The van der Waals surface area contributed by atoms with E-state index in [1.54, 1.807) is 47.5 Å². The van der Waals surface area contributed by atoms with E-state index in [0.29, 0.717) is 36.6 Å². The Morgan fingerprint density at radius 2 is 1.38 bits per heavy atom. The second-order valence-corrected chi connectivity index (χ2v) is 12.3.